The summed E-state index contributed by atoms with van der Waals surface area (Å²) in [4.78, 5) is 0. The summed E-state index contributed by atoms with van der Waals surface area (Å²) in [5.74, 6) is 0. The van der Waals surface area contributed by atoms with E-state index >= 15 is 0 Å². The highest BCUT2D eigenvalue weighted by atomic mass is 79.9. The zero-order chi connectivity index (χ0) is 14.8. The van der Waals surface area contributed by atoms with E-state index in [1.165, 1.54) is 11.1 Å². The average Bonchev–Trinajstić information content (AvgIpc) is 2.49. The molecule has 3 aromatic carbocycles. The van der Waals surface area contributed by atoms with E-state index in [0.29, 0.717) is 0 Å². The molecule has 3 heteroatoms. The van der Waals surface area contributed by atoms with Crippen molar-refractivity contribution in [2.24, 2.45) is 0 Å². The van der Waals surface area contributed by atoms with Gasteiger partial charge in [0, 0.05) is 14.5 Å². The van der Waals surface area contributed by atoms with Crippen LogP contribution in [0.15, 0.2) is 75.7 Å². The second-order valence-electron chi connectivity index (χ2n) is 4.70. The van der Waals surface area contributed by atoms with Crippen molar-refractivity contribution in [3.8, 4) is 22.3 Å². The summed E-state index contributed by atoms with van der Waals surface area (Å²) >= 11 is 7.48. The van der Waals surface area contributed by atoms with Crippen LogP contribution in [-0.4, -0.2) is 10.2 Å². The first-order valence-electron chi connectivity index (χ1n) is 6.53. The summed E-state index contributed by atoms with van der Waals surface area (Å²) in [7, 11) is 3.74. The average molecular weight is 415 g/mol. The minimum atomic E-state index is 1.06. The van der Waals surface area contributed by atoms with E-state index in [4.69, 9.17) is 0 Å². The molecule has 3 radical (unpaired) electrons. The molecule has 0 saturated carbocycles. The minimum Gasteiger partial charge on any atom is -0.0622 e. The SMILES string of the molecule is [Si]c1cc(Br)c(-c2ccccc2)c(Br)c1-c1ccccc1. The van der Waals surface area contributed by atoms with Gasteiger partial charge in [-0.3, -0.25) is 0 Å². The quantitative estimate of drug-likeness (QED) is 0.496. The zero-order valence-corrected chi connectivity index (χ0v) is 15.3. The molecule has 0 N–H and O–H groups in total. The molecule has 0 bridgehead atoms. The molecule has 0 aliphatic rings. The Morgan fingerprint density at radius 2 is 1.14 bits per heavy atom. The van der Waals surface area contributed by atoms with Gasteiger partial charge in [-0.15, -0.1) is 0 Å². The molecule has 0 fully saturated rings. The summed E-state index contributed by atoms with van der Waals surface area (Å²) < 4.78 is 2.14. The third-order valence-corrected chi connectivity index (χ3v) is 5.16. The maximum atomic E-state index is 3.80. The van der Waals surface area contributed by atoms with Crippen LogP contribution in [0.3, 0.4) is 0 Å². The van der Waals surface area contributed by atoms with E-state index in [9.17, 15) is 0 Å². The molecular formula is C18H11Br2Si. The molecule has 3 aromatic rings. The number of rotatable bonds is 2. The lowest BCUT2D eigenvalue weighted by atomic mass is 9.99. The molecule has 0 atom stereocenters. The van der Waals surface area contributed by atoms with E-state index in [-0.39, 0.29) is 0 Å². The molecule has 0 amide bonds. The standard InChI is InChI=1S/C18H11Br2Si/c19-14-11-15(21)17(13-9-5-2-6-10-13)18(20)16(14)12-7-3-1-4-8-12/h1-11H. The molecule has 0 aromatic heterocycles. The van der Waals surface area contributed by atoms with Crippen LogP contribution in [0.4, 0.5) is 0 Å². The van der Waals surface area contributed by atoms with Crippen molar-refractivity contribution in [1.82, 2.24) is 0 Å². The van der Waals surface area contributed by atoms with Gasteiger partial charge in [-0.1, -0.05) is 81.8 Å². The van der Waals surface area contributed by atoms with Crippen molar-refractivity contribution in [2.75, 3.05) is 0 Å². The van der Waals surface area contributed by atoms with Gasteiger partial charge < -0.3 is 0 Å². The van der Waals surface area contributed by atoms with Crippen molar-refractivity contribution in [3.63, 3.8) is 0 Å². The van der Waals surface area contributed by atoms with E-state index in [1.807, 2.05) is 12.1 Å². The molecule has 0 saturated heterocycles. The normalized spacial score (nSPS) is 10.6. The highest BCUT2D eigenvalue weighted by Crippen LogP contribution is 2.40. The van der Waals surface area contributed by atoms with Gasteiger partial charge in [-0.05, 0) is 38.7 Å². The van der Waals surface area contributed by atoms with Crippen molar-refractivity contribution in [3.05, 3.63) is 75.7 Å². The van der Waals surface area contributed by atoms with Gasteiger partial charge in [0.05, 0.1) is 10.2 Å². The lowest BCUT2D eigenvalue weighted by Crippen LogP contribution is -2.09. The predicted molar refractivity (Wildman–Crippen MR) is 98.1 cm³/mol. The third-order valence-electron chi connectivity index (χ3n) is 3.34. The highest BCUT2D eigenvalue weighted by Gasteiger charge is 2.15. The summed E-state index contributed by atoms with van der Waals surface area (Å²) in [6, 6.07) is 22.8. The summed E-state index contributed by atoms with van der Waals surface area (Å²) in [6.07, 6.45) is 0. The Labute approximate surface area is 144 Å². The van der Waals surface area contributed by atoms with Gasteiger partial charge in [0.25, 0.3) is 0 Å². The fourth-order valence-corrected chi connectivity index (χ4v) is 4.99. The topological polar surface area (TPSA) is 0 Å². The van der Waals surface area contributed by atoms with Crippen LogP contribution in [-0.2, 0) is 0 Å². The van der Waals surface area contributed by atoms with Crippen LogP contribution in [0, 0.1) is 0 Å². The Kier molecular flexibility index (Phi) is 4.43. The van der Waals surface area contributed by atoms with Gasteiger partial charge in [0.2, 0.25) is 0 Å². The molecule has 3 rings (SSSR count). The second kappa shape index (κ2) is 6.30. The van der Waals surface area contributed by atoms with Crippen LogP contribution in [0.5, 0.6) is 0 Å². The Bertz CT molecular complexity index is 704. The van der Waals surface area contributed by atoms with E-state index < -0.39 is 0 Å². The van der Waals surface area contributed by atoms with Crippen LogP contribution < -0.4 is 5.19 Å². The third kappa shape index (κ3) is 2.91. The van der Waals surface area contributed by atoms with Crippen LogP contribution in [0.1, 0.15) is 0 Å². The Hall–Kier alpha value is -1.16. The van der Waals surface area contributed by atoms with E-state index in [0.717, 1.165) is 25.3 Å². The second-order valence-corrected chi connectivity index (χ2v) is 6.89. The maximum Gasteiger partial charge on any atom is 0.0721 e. The lowest BCUT2D eigenvalue weighted by molar-refractivity contribution is 1.55. The number of benzene rings is 3. The molecule has 0 aliphatic carbocycles. The number of hydrogen-bond acceptors (Lipinski definition) is 0. The van der Waals surface area contributed by atoms with Crippen LogP contribution in [0.25, 0.3) is 22.3 Å². The van der Waals surface area contributed by atoms with Gasteiger partial charge in [0.15, 0.2) is 0 Å². The minimum absolute atomic E-state index is 1.06. The van der Waals surface area contributed by atoms with Gasteiger partial charge >= 0.3 is 0 Å². The highest BCUT2D eigenvalue weighted by molar-refractivity contribution is 9.11. The zero-order valence-electron chi connectivity index (χ0n) is 11.1. The Morgan fingerprint density at radius 3 is 1.67 bits per heavy atom. The van der Waals surface area contributed by atoms with Crippen molar-refractivity contribution < 1.29 is 0 Å². The monoisotopic (exact) mass is 413 g/mol. The number of halogens is 2. The number of hydrogen-bond donors (Lipinski definition) is 0. The molecule has 0 aliphatic heterocycles. The molecule has 21 heavy (non-hydrogen) atoms. The molecule has 101 valence electrons. The molecular weight excluding hydrogens is 404 g/mol. The summed E-state index contributed by atoms with van der Waals surface area (Å²) in [5.41, 5.74) is 4.69. The van der Waals surface area contributed by atoms with Crippen LogP contribution >= 0.6 is 31.9 Å². The first-order chi connectivity index (χ1) is 10.2. The fraction of sp³-hybridized carbons (Fsp3) is 0. The maximum absolute atomic E-state index is 3.80. The Balaban J connectivity index is 2.29. The smallest absolute Gasteiger partial charge is 0.0622 e. The van der Waals surface area contributed by atoms with Crippen molar-refractivity contribution in [1.29, 1.82) is 0 Å². The predicted octanol–water partition coefficient (Wildman–Crippen LogP) is 5.34. The fourth-order valence-electron chi connectivity index (χ4n) is 2.38. The summed E-state index contributed by atoms with van der Waals surface area (Å²) in [5, 5.41) is 1.06. The van der Waals surface area contributed by atoms with Crippen molar-refractivity contribution >= 4 is 47.3 Å². The summed E-state index contributed by atoms with van der Waals surface area (Å²) in [6.45, 7) is 0. The van der Waals surface area contributed by atoms with Gasteiger partial charge in [0.1, 0.15) is 0 Å². The molecule has 0 nitrogen and oxygen atoms in total. The first kappa shape index (κ1) is 14.8. The van der Waals surface area contributed by atoms with Gasteiger partial charge in [-0.2, -0.15) is 0 Å². The van der Waals surface area contributed by atoms with E-state index in [2.05, 4.69) is 96.7 Å². The van der Waals surface area contributed by atoms with E-state index in [1.54, 1.807) is 0 Å². The first-order valence-corrected chi connectivity index (χ1v) is 8.61. The lowest BCUT2D eigenvalue weighted by Gasteiger charge is -2.16. The Morgan fingerprint density at radius 1 is 0.667 bits per heavy atom. The molecule has 0 unspecified atom stereocenters. The van der Waals surface area contributed by atoms with Crippen molar-refractivity contribution in [2.45, 2.75) is 0 Å². The molecule has 0 spiro atoms. The largest absolute Gasteiger partial charge is 0.0721 e. The van der Waals surface area contributed by atoms with Gasteiger partial charge in [-0.25, -0.2) is 0 Å². The molecule has 0 heterocycles. The van der Waals surface area contributed by atoms with Crippen LogP contribution in [0.2, 0.25) is 0 Å².